The van der Waals surface area contributed by atoms with E-state index in [2.05, 4.69) is 51.7 Å². The number of carbonyl (C=O) groups excluding carboxylic acids is 1. The van der Waals surface area contributed by atoms with Gasteiger partial charge in [0, 0.05) is 23.3 Å². The molecule has 0 aromatic heterocycles. The number of ether oxygens (including phenoxy) is 2. The molecule has 5 heteroatoms. The van der Waals surface area contributed by atoms with Gasteiger partial charge in [-0.15, -0.1) is 0 Å². The summed E-state index contributed by atoms with van der Waals surface area (Å²) in [5, 5.41) is 0. The summed E-state index contributed by atoms with van der Waals surface area (Å²) in [5.41, 5.74) is 3.05. The van der Waals surface area contributed by atoms with E-state index >= 15 is 0 Å². The zero-order chi connectivity index (χ0) is 29.2. The molecule has 0 bridgehead atoms. The summed E-state index contributed by atoms with van der Waals surface area (Å²) in [6, 6.07) is 11.2. The number of hydrogen-bond acceptors (Lipinski definition) is 4. The number of fused-ring (bicyclic) bond motifs is 3. The molecule has 4 unspecified atom stereocenters. The van der Waals surface area contributed by atoms with Crippen molar-refractivity contribution >= 4 is 5.97 Å². The van der Waals surface area contributed by atoms with Gasteiger partial charge in [-0.3, -0.25) is 4.79 Å². The average Bonchev–Trinajstić information content (AvgIpc) is 2.93. The van der Waals surface area contributed by atoms with Crippen LogP contribution in [0.5, 0.6) is 11.5 Å². The van der Waals surface area contributed by atoms with E-state index in [0.717, 1.165) is 74.2 Å². The number of nitrogens with zero attached hydrogens (tertiary/aromatic N) is 1. The van der Waals surface area contributed by atoms with Crippen molar-refractivity contribution in [3.8, 4) is 11.5 Å². The second kappa shape index (κ2) is 12.5. The fourth-order valence-corrected chi connectivity index (χ4v) is 7.82. The van der Waals surface area contributed by atoms with E-state index in [-0.39, 0.29) is 28.7 Å². The first kappa shape index (κ1) is 30.1. The Hall–Kier alpha value is -2.40. The van der Waals surface area contributed by atoms with Gasteiger partial charge in [0.2, 0.25) is 0 Å². The van der Waals surface area contributed by atoms with Crippen LogP contribution in [0.3, 0.4) is 0 Å². The molecule has 0 N–H and O–H groups in total. The van der Waals surface area contributed by atoms with Crippen molar-refractivity contribution in [2.24, 2.45) is 11.3 Å². The van der Waals surface area contributed by atoms with E-state index in [0.29, 0.717) is 24.0 Å². The quantitative estimate of drug-likeness (QED) is 0.226. The van der Waals surface area contributed by atoms with E-state index < -0.39 is 0 Å². The van der Waals surface area contributed by atoms with Crippen molar-refractivity contribution in [3.05, 3.63) is 58.9 Å². The summed E-state index contributed by atoms with van der Waals surface area (Å²) in [7, 11) is 0. The Morgan fingerprint density at radius 1 is 1.12 bits per heavy atom. The fraction of sp³-hybridized carbons (Fsp3) is 0.639. The van der Waals surface area contributed by atoms with Crippen molar-refractivity contribution in [2.75, 3.05) is 19.6 Å². The zero-order valence-electron chi connectivity index (χ0n) is 25.9. The monoisotopic (exact) mass is 563 g/mol. The third kappa shape index (κ3) is 6.66. The van der Waals surface area contributed by atoms with Crippen LogP contribution in [0.15, 0.2) is 36.4 Å². The lowest BCUT2D eigenvalue weighted by molar-refractivity contribution is -0.134. The molecule has 224 valence electrons. The smallest absolute Gasteiger partial charge is 0.311 e. The van der Waals surface area contributed by atoms with Crippen LogP contribution < -0.4 is 9.47 Å². The maximum Gasteiger partial charge on any atom is 0.311 e. The van der Waals surface area contributed by atoms with Crippen molar-refractivity contribution in [3.63, 3.8) is 0 Å². The van der Waals surface area contributed by atoms with E-state index in [1.54, 1.807) is 0 Å². The van der Waals surface area contributed by atoms with Gasteiger partial charge in [-0.2, -0.15) is 0 Å². The summed E-state index contributed by atoms with van der Waals surface area (Å²) in [6.07, 6.45) is 10.4. The highest BCUT2D eigenvalue weighted by atomic mass is 19.1. The third-order valence-electron chi connectivity index (χ3n) is 10.2. The second-order valence-electron chi connectivity index (χ2n) is 14.0. The maximum absolute atomic E-state index is 13.9. The maximum atomic E-state index is 13.9. The van der Waals surface area contributed by atoms with Gasteiger partial charge in [0.15, 0.2) is 0 Å². The van der Waals surface area contributed by atoms with Crippen LogP contribution in [0.4, 0.5) is 4.39 Å². The summed E-state index contributed by atoms with van der Waals surface area (Å²) < 4.78 is 26.9. The normalized spacial score (nSPS) is 25.4. The van der Waals surface area contributed by atoms with Gasteiger partial charge in [0.1, 0.15) is 17.3 Å². The van der Waals surface area contributed by atoms with Crippen molar-refractivity contribution in [1.82, 2.24) is 4.90 Å². The fourth-order valence-electron chi connectivity index (χ4n) is 7.82. The Morgan fingerprint density at radius 3 is 2.56 bits per heavy atom. The minimum atomic E-state index is -0.373. The van der Waals surface area contributed by atoms with E-state index in [1.807, 2.05) is 12.1 Å². The molecule has 2 aliphatic heterocycles. The molecule has 5 rings (SSSR count). The van der Waals surface area contributed by atoms with Gasteiger partial charge in [0.25, 0.3) is 0 Å². The molecule has 0 spiro atoms. The summed E-state index contributed by atoms with van der Waals surface area (Å²) in [4.78, 5) is 15.8. The number of esters is 1. The average molecular weight is 564 g/mol. The summed E-state index contributed by atoms with van der Waals surface area (Å²) in [6.45, 7) is 14.5. The third-order valence-corrected chi connectivity index (χ3v) is 10.2. The lowest BCUT2D eigenvalue weighted by atomic mass is 9.62. The van der Waals surface area contributed by atoms with Crippen LogP contribution in [0.1, 0.15) is 121 Å². The van der Waals surface area contributed by atoms with Gasteiger partial charge in [-0.25, -0.2) is 4.39 Å². The van der Waals surface area contributed by atoms with Gasteiger partial charge in [-0.1, -0.05) is 52.7 Å². The molecule has 2 aromatic rings. The first-order valence-electron chi connectivity index (χ1n) is 16.1. The number of benzene rings is 2. The highest BCUT2D eigenvalue weighted by molar-refractivity contribution is 5.74. The Morgan fingerprint density at radius 2 is 1.85 bits per heavy atom. The molecule has 0 amide bonds. The molecule has 4 atom stereocenters. The molecule has 0 radical (unpaired) electrons. The molecular formula is C36H50FNO3. The van der Waals surface area contributed by atoms with E-state index in [1.165, 1.54) is 37.8 Å². The topological polar surface area (TPSA) is 38.8 Å². The summed E-state index contributed by atoms with van der Waals surface area (Å²) >= 11 is 0. The zero-order valence-corrected chi connectivity index (χ0v) is 25.9. The molecule has 2 aromatic carbocycles. The highest BCUT2D eigenvalue weighted by Crippen LogP contribution is 2.56. The Labute approximate surface area is 247 Å². The Bertz CT molecular complexity index is 1200. The number of likely N-dealkylation sites (tertiary alicyclic amines) is 1. The predicted octanol–water partition coefficient (Wildman–Crippen LogP) is 8.79. The van der Waals surface area contributed by atoms with Crippen LogP contribution in [0, 0.1) is 17.2 Å². The van der Waals surface area contributed by atoms with Gasteiger partial charge in [0.05, 0.1) is 6.10 Å². The van der Waals surface area contributed by atoms with Gasteiger partial charge in [-0.05, 0) is 118 Å². The minimum Gasteiger partial charge on any atom is -0.490 e. The first-order valence-corrected chi connectivity index (χ1v) is 16.1. The predicted molar refractivity (Wildman–Crippen MR) is 163 cm³/mol. The standard InChI is InChI=1S/C36H50FNO3/c1-6-17-36(5,26-12-14-28(37)15-13-26)27-22-31-34(30-24-35(3,4)18-16-29(30)25(2)40-31)32(23-27)41-33(39)11-10-21-38-19-8-7-9-20-38/h12-15,22-23,25,29-30H,6-11,16-21,24H2,1-5H3. The van der Waals surface area contributed by atoms with Crippen molar-refractivity contribution in [1.29, 1.82) is 0 Å². The van der Waals surface area contributed by atoms with Crippen LogP contribution in [0.2, 0.25) is 0 Å². The lowest BCUT2D eigenvalue weighted by Crippen LogP contribution is -2.40. The number of piperidine rings is 1. The van der Waals surface area contributed by atoms with Crippen LogP contribution in [0.25, 0.3) is 0 Å². The molecule has 2 fully saturated rings. The van der Waals surface area contributed by atoms with Gasteiger partial charge < -0.3 is 14.4 Å². The van der Waals surface area contributed by atoms with Crippen molar-refractivity contribution in [2.45, 2.75) is 116 Å². The lowest BCUT2D eigenvalue weighted by Gasteiger charge is -2.47. The van der Waals surface area contributed by atoms with E-state index in [9.17, 15) is 9.18 Å². The summed E-state index contributed by atoms with van der Waals surface area (Å²) in [5.74, 6) is 1.84. The molecule has 1 saturated carbocycles. The largest absolute Gasteiger partial charge is 0.490 e. The number of halogens is 1. The molecule has 3 aliphatic rings. The van der Waals surface area contributed by atoms with Crippen LogP contribution in [-0.2, 0) is 10.2 Å². The highest BCUT2D eigenvalue weighted by Gasteiger charge is 2.45. The molecule has 1 aliphatic carbocycles. The molecular weight excluding hydrogens is 513 g/mol. The van der Waals surface area contributed by atoms with Crippen LogP contribution in [-0.4, -0.2) is 36.6 Å². The Kier molecular flexibility index (Phi) is 9.13. The second-order valence-corrected chi connectivity index (χ2v) is 14.0. The number of hydrogen-bond donors (Lipinski definition) is 0. The molecule has 1 saturated heterocycles. The van der Waals surface area contributed by atoms with Crippen LogP contribution >= 0.6 is 0 Å². The van der Waals surface area contributed by atoms with E-state index in [4.69, 9.17) is 9.47 Å². The molecule has 2 heterocycles. The Balaban J connectivity index is 1.50. The molecule has 4 nitrogen and oxygen atoms in total. The minimum absolute atomic E-state index is 0.107. The molecule has 41 heavy (non-hydrogen) atoms. The number of rotatable bonds is 9. The first-order chi connectivity index (χ1) is 19.6. The number of carbonyl (C=O) groups is 1. The SMILES string of the molecule is CCCC(C)(c1ccc(F)cc1)c1cc(OC(=O)CCCN2CCCCC2)c2c(c1)OC(C)C1CCC(C)(C)CC21. The van der Waals surface area contributed by atoms with Gasteiger partial charge >= 0.3 is 5.97 Å². The van der Waals surface area contributed by atoms with Crippen molar-refractivity contribution < 1.29 is 18.7 Å².